The second kappa shape index (κ2) is 5.99. The van der Waals surface area contributed by atoms with Crippen LogP contribution in [-0.4, -0.2) is 33.2 Å². The van der Waals surface area contributed by atoms with Crippen molar-refractivity contribution in [1.29, 1.82) is 0 Å². The SMILES string of the molecule is CNC(=O)c1ccc(NC(=O)c2cn3c(n2)sc2ccccc23)cn1. The highest BCUT2D eigenvalue weighted by atomic mass is 32.1. The van der Waals surface area contributed by atoms with Crippen LogP contribution in [-0.2, 0) is 0 Å². The van der Waals surface area contributed by atoms with Crippen LogP contribution in [0.2, 0.25) is 0 Å². The van der Waals surface area contributed by atoms with E-state index in [2.05, 4.69) is 20.6 Å². The van der Waals surface area contributed by atoms with Crippen LogP contribution in [0, 0.1) is 0 Å². The molecule has 3 aromatic heterocycles. The second-order valence-corrected chi connectivity index (χ2v) is 6.32. The van der Waals surface area contributed by atoms with Gasteiger partial charge < -0.3 is 10.6 Å². The number of pyridine rings is 1. The normalized spacial score (nSPS) is 10.9. The standard InChI is InChI=1S/C17H13N5O2S/c1-18-15(23)11-7-6-10(8-19-11)20-16(24)12-9-22-13-4-2-3-5-14(13)25-17(22)21-12/h2-9H,1H3,(H,18,23)(H,20,24). The Bertz CT molecular complexity index is 1100. The van der Waals surface area contributed by atoms with Crippen molar-refractivity contribution in [3.63, 3.8) is 0 Å². The van der Waals surface area contributed by atoms with E-state index in [1.807, 2.05) is 28.7 Å². The van der Waals surface area contributed by atoms with E-state index in [9.17, 15) is 9.59 Å². The fraction of sp³-hybridized carbons (Fsp3) is 0.0588. The molecule has 0 fully saturated rings. The maximum absolute atomic E-state index is 12.4. The van der Waals surface area contributed by atoms with Gasteiger partial charge in [0.05, 0.1) is 22.1 Å². The molecule has 0 saturated heterocycles. The monoisotopic (exact) mass is 351 g/mol. The van der Waals surface area contributed by atoms with E-state index in [1.54, 1.807) is 18.3 Å². The summed E-state index contributed by atoms with van der Waals surface area (Å²) in [4.78, 5) is 33.0. The van der Waals surface area contributed by atoms with Crippen LogP contribution in [0.25, 0.3) is 15.2 Å². The number of imidazole rings is 1. The highest BCUT2D eigenvalue weighted by Crippen LogP contribution is 2.26. The number of rotatable bonds is 3. The number of amides is 2. The first-order valence-corrected chi connectivity index (χ1v) is 8.33. The molecule has 2 N–H and O–H groups in total. The Morgan fingerprint density at radius 1 is 1.08 bits per heavy atom. The Kier molecular flexibility index (Phi) is 3.66. The molecule has 0 radical (unpaired) electrons. The third kappa shape index (κ3) is 2.72. The fourth-order valence-electron chi connectivity index (χ4n) is 2.48. The summed E-state index contributed by atoms with van der Waals surface area (Å²) in [6.45, 7) is 0. The van der Waals surface area contributed by atoms with Gasteiger partial charge >= 0.3 is 0 Å². The number of aromatic nitrogens is 3. The molecule has 124 valence electrons. The summed E-state index contributed by atoms with van der Waals surface area (Å²) in [5, 5.41) is 5.23. The molecule has 7 nitrogen and oxygen atoms in total. The molecule has 3 heterocycles. The molecular weight excluding hydrogens is 338 g/mol. The molecule has 2 amide bonds. The predicted octanol–water partition coefficient (Wildman–Crippen LogP) is 2.56. The highest BCUT2D eigenvalue weighted by Gasteiger charge is 2.14. The van der Waals surface area contributed by atoms with Crippen LogP contribution in [0.1, 0.15) is 21.0 Å². The Morgan fingerprint density at radius 2 is 1.92 bits per heavy atom. The number of carbonyl (C=O) groups is 2. The summed E-state index contributed by atoms with van der Waals surface area (Å²) in [6.07, 6.45) is 3.16. The van der Waals surface area contributed by atoms with E-state index < -0.39 is 0 Å². The first-order valence-electron chi connectivity index (χ1n) is 7.52. The Balaban J connectivity index is 1.58. The van der Waals surface area contributed by atoms with Gasteiger partial charge in [-0.25, -0.2) is 9.97 Å². The summed E-state index contributed by atoms with van der Waals surface area (Å²) >= 11 is 1.53. The molecule has 0 aliphatic heterocycles. The lowest BCUT2D eigenvalue weighted by molar-refractivity contribution is 0.0957. The number of thiazole rings is 1. The summed E-state index contributed by atoms with van der Waals surface area (Å²) in [6, 6.07) is 11.1. The zero-order valence-electron chi connectivity index (χ0n) is 13.2. The van der Waals surface area contributed by atoms with Crippen LogP contribution >= 0.6 is 11.3 Å². The number of nitrogens with zero attached hydrogens (tertiary/aromatic N) is 3. The molecule has 4 aromatic rings. The minimum Gasteiger partial charge on any atom is -0.354 e. The first kappa shape index (κ1) is 15.3. The van der Waals surface area contributed by atoms with Gasteiger partial charge in [0.15, 0.2) is 4.96 Å². The topological polar surface area (TPSA) is 88.4 Å². The maximum Gasteiger partial charge on any atom is 0.275 e. The first-order chi connectivity index (χ1) is 12.2. The molecule has 1 aromatic carbocycles. The molecule has 0 atom stereocenters. The number of para-hydroxylation sites is 1. The molecule has 4 rings (SSSR count). The largest absolute Gasteiger partial charge is 0.354 e. The maximum atomic E-state index is 12.4. The zero-order valence-corrected chi connectivity index (χ0v) is 14.0. The quantitative estimate of drug-likeness (QED) is 0.594. The number of hydrogen-bond donors (Lipinski definition) is 2. The molecule has 8 heteroatoms. The van der Waals surface area contributed by atoms with Crippen molar-refractivity contribution in [1.82, 2.24) is 19.7 Å². The molecule has 0 aliphatic carbocycles. The van der Waals surface area contributed by atoms with E-state index in [0.717, 1.165) is 15.2 Å². The van der Waals surface area contributed by atoms with Crippen molar-refractivity contribution in [2.24, 2.45) is 0 Å². The number of nitrogens with one attached hydrogen (secondary N) is 2. The van der Waals surface area contributed by atoms with Gasteiger partial charge in [0.1, 0.15) is 11.4 Å². The minimum atomic E-state index is -0.325. The number of hydrogen-bond acceptors (Lipinski definition) is 5. The van der Waals surface area contributed by atoms with Gasteiger partial charge in [-0.3, -0.25) is 14.0 Å². The summed E-state index contributed by atoms with van der Waals surface area (Å²) < 4.78 is 3.02. The number of anilines is 1. The lowest BCUT2D eigenvalue weighted by atomic mass is 10.3. The van der Waals surface area contributed by atoms with Gasteiger partial charge in [0.2, 0.25) is 0 Å². The van der Waals surface area contributed by atoms with Gasteiger partial charge in [-0.1, -0.05) is 23.5 Å². The molecular formula is C17H13N5O2S. The fourth-order valence-corrected chi connectivity index (χ4v) is 3.49. The van der Waals surface area contributed by atoms with Crippen LogP contribution < -0.4 is 10.6 Å². The number of benzene rings is 1. The van der Waals surface area contributed by atoms with Gasteiger partial charge in [-0.05, 0) is 24.3 Å². The van der Waals surface area contributed by atoms with Gasteiger partial charge in [0.25, 0.3) is 11.8 Å². The van der Waals surface area contributed by atoms with Crippen molar-refractivity contribution in [2.45, 2.75) is 0 Å². The van der Waals surface area contributed by atoms with E-state index in [0.29, 0.717) is 11.4 Å². The lowest BCUT2D eigenvalue weighted by Gasteiger charge is -2.03. The molecule has 0 saturated carbocycles. The number of fused-ring (bicyclic) bond motifs is 3. The van der Waals surface area contributed by atoms with Crippen molar-refractivity contribution >= 4 is 44.0 Å². The third-order valence-electron chi connectivity index (χ3n) is 3.71. The third-order valence-corrected chi connectivity index (χ3v) is 4.75. The molecule has 25 heavy (non-hydrogen) atoms. The Hall–Kier alpha value is -3.26. The number of carbonyl (C=O) groups excluding carboxylic acids is 2. The second-order valence-electron chi connectivity index (χ2n) is 5.31. The zero-order chi connectivity index (χ0) is 17.4. The Morgan fingerprint density at radius 3 is 2.68 bits per heavy atom. The highest BCUT2D eigenvalue weighted by molar-refractivity contribution is 7.23. The van der Waals surface area contributed by atoms with Crippen LogP contribution in [0.4, 0.5) is 5.69 Å². The summed E-state index contributed by atoms with van der Waals surface area (Å²) in [7, 11) is 1.54. The average Bonchev–Trinajstić information content (AvgIpc) is 3.19. The minimum absolute atomic E-state index is 0.279. The van der Waals surface area contributed by atoms with Crippen molar-refractivity contribution in [3.05, 3.63) is 60.2 Å². The van der Waals surface area contributed by atoms with E-state index >= 15 is 0 Å². The summed E-state index contributed by atoms with van der Waals surface area (Å²) in [5.74, 6) is -0.603. The molecule has 0 aliphatic rings. The predicted molar refractivity (Wildman–Crippen MR) is 96.2 cm³/mol. The van der Waals surface area contributed by atoms with E-state index in [4.69, 9.17) is 0 Å². The summed E-state index contributed by atoms with van der Waals surface area (Å²) in [5.41, 5.74) is 2.13. The van der Waals surface area contributed by atoms with E-state index in [-0.39, 0.29) is 17.5 Å². The molecule has 0 bridgehead atoms. The van der Waals surface area contributed by atoms with Crippen molar-refractivity contribution in [3.8, 4) is 0 Å². The molecule has 0 spiro atoms. The van der Waals surface area contributed by atoms with Crippen molar-refractivity contribution in [2.75, 3.05) is 12.4 Å². The van der Waals surface area contributed by atoms with Crippen LogP contribution in [0.15, 0.2) is 48.8 Å². The lowest BCUT2D eigenvalue weighted by Crippen LogP contribution is -2.19. The van der Waals surface area contributed by atoms with Crippen LogP contribution in [0.3, 0.4) is 0 Å². The van der Waals surface area contributed by atoms with Gasteiger partial charge in [-0.15, -0.1) is 0 Å². The van der Waals surface area contributed by atoms with Crippen molar-refractivity contribution < 1.29 is 9.59 Å². The van der Waals surface area contributed by atoms with Gasteiger partial charge in [-0.2, -0.15) is 0 Å². The van der Waals surface area contributed by atoms with E-state index in [1.165, 1.54) is 24.6 Å². The van der Waals surface area contributed by atoms with Crippen LogP contribution in [0.5, 0.6) is 0 Å². The average molecular weight is 351 g/mol. The van der Waals surface area contributed by atoms with Gasteiger partial charge in [0, 0.05) is 13.2 Å². The molecule has 0 unspecified atom stereocenters. The Labute approximate surface area is 146 Å². The smallest absolute Gasteiger partial charge is 0.275 e.